The van der Waals surface area contributed by atoms with Crippen LogP contribution in [0.15, 0.2) is 36.4 Å². The van der Waals surface area contributed by atoms with Gasteiger partial charge in [0.05, 0.1) is 0 Å². The van der Waals surface area contributed by atoms with Crippen LogP contribution in [-0.4, -0.2) is 0 Å². The molecule has 2 aromatic carbocycles. The van der Waals surface area contributed by atoms with Gasteiger partial charge in [0, 0.05) is 0 Å². The van der Waals surface area contributed by atoms with E-state index < -0.39 is 0 Å². The Morgan fingerprint density at radius 1 is 0.556 bits per heavy atom. The summed E-state index contributed by atoms with van der Waals surface area (Å²) in [7, 11) is 0. The van der Waals surface area contributed by atoms with Crippen LogP contribution in [0.25, 0.3) is 10.8 Å². The fourth-order valence-corrected chi connectivity index (χ4v) is 4.09. The molecule has 2 aromatic rings. The largest absolute Gasteiger partial charge is 0.344 e. The Kier molecular flexibility index (Phi) is 12.9. The van der Waals surface area contributed by atoms with Crippen molar-refractivity contribution in [1.82, 2.24) is 6.15 Å². The molecular weight excluding hydrogens is 326 g/mol. The zero-order valence-electron chi connectivity index (χ0n) is 18.1. The molecule has 0 saturated carbocycles. The van der Waals surface area contributed by atoms with Gasteiger partial charge >= 0.3 is 0 Å². The van der Waals surface area contributed by atoms with Gasteiger partial charge in [-0.2, -0.15) is 0 Å². The lowest BCUT2D eigenvalue weighted by Gasteiger charge is -2.14. The smallest absolute Gasteiger partial charge is 0.0149 e. The maximum atomic E-state index is 2.42. The van der Waals surface area contributed by atoms with Gasteiger partial charge in [-0.3, -0.25) is 0 Å². The Morgan fingerprint density at radius 2 is 1.11 bits per heavy atom. The third-order valence-corrected chi connectivity index (χ3v) is 5.72. The monoisotopic (exact) mass is 369 g/mol. The minimum Gasteiger partial charge on any atom is -0.344 e. The molecule has 0 fully saturated rings. The molecule has 0 amide bonds. The van der Waals surface area contributed by atoms with E-state index in [1.54, 1.807) is 11.1 Å². The summed E-state index contributed by atoms with van der Waals surface area (Å²) in [6.07, 6.45) is 19.1. The van der Waals surface area contributed by atoms with E-state index in [0.717, 1.165) is 0 Å². The molecule has 3 N–H and O–H groups in total. The third kappa shape index (κ3) is 8.47. The van der Waals surface area contributed by atoms with Gasteiger partial charge in [-0.25, -0.2) is 0 Å². The number of hydrogen-bond acceptors (Lipinski definition) is 1. The fourth-order valence-electron chi connectivity index (χ4n) is 4.09. The first-order valence-electron chi connectivity index (χ1n) is 11.4. The van der Waals surface area contributed by atoms with Crippen molar-refractivity contribution in [3.8, 4) is 0 Å². The maximum Gasteiger partial charge on any atom is -0.0149 e. The highest BCUT2D eigenvalue weighted by molar-refractivity contribution is 5.86. The van der Waals surface area contributed by atoms with Crippen LogP contribution in [0.5, 0.6) is 0 Å². The van der Waals surface area contributed by atoms with E-state index in [9.17, 15) is 0 Å². The van der Waals surface area contributed by atoms with Crippen molar-refractivity contribution >= 4 is 10.8 Å². The highest BCUT2D eigenvalue weighted by Crippen LogP contribution is 2.26. The average molecular weight is 370 g/mol. The number of unbranched alkanes of at least 4 members (excludes halogenated alkanes) is 10. The molecule has 0 heterocycles. The number of rotatable bonds is 14. The number of hydrogen-bond donors (Lipinski definition) is 1. The normalized spacial score (nSPS) is 10.9. The molecule has 1 nitrogen and oxygen atoms in total. The minimum atomic E-state index is 0. The summed E-state index contributed by atoms with van der Waals surface area (Å²) in [6, 6.07) is 13.8. The van der Waals surface area contributed by atoms with Crippen LogP contribution in [0.3, 0.4) is 0 Å². The predicted molar refractivity (Wildman–Crippen MR) is 123 cm³/mol. The fraction of sp³-hybridized carbons (Fsp3) is 0.615. The molecule has 0 aliphatic carbocycles. The first kappa shape index (κ1) is 23.7. The highest BCUT2D eigenvalue weighted by atomic mass is 14.1. The topological polar surface area (TPSA) is 35.0 Å². The van der Waals surface area contributed by atoms with Crippen molar-refractivity contribution in [1.29, 1.82) is 0 Å². The Labute approximate surface area is 168 Å². The molecule has 0 unspecified atom stereocenters. The van der Waals surface area contributed by atoms with E-state index in [2.05, 4.69) is 50.2 Å². The van der Waals surface area contributed by atoms with Crippen LogP contribution < -0.4 is 6.15 Å². The van der Waals surface area contributed by atoms with Gasteiger partial charge in [0.15, 0.2) is 0 Å². The van der Waals surface area contributed by atoms with E-state index in [4.69, 9.17) is 0 Å². The quantitative estimate of drug-likeness (QED) is 0.332. The molecule has 152 valence electrons. The Morgan fingerprint density at radius 3 is 1.78 bits per heavy atom. The van der Waals surface area contributed by atoms with Crippen LogP contribution in [0.1, 0.15) is 102 Å². The Balaban J connectivity index is 0.00000364. The van der Waals surface area contributed by atoms with Gasteiger partial charge in [-0.1, -0.05) is 114 Å². The van der Waals surface area contributed by atoms with E-state index in [1.807, 2.05) is 0 Å². The second-order valence-corrected chi connectivity index (χ2v) is 7.96. The molecule has 0 aliphatic heterocycles. The lowest BCUT2D eigenvalue weighted by Crippen LogP contribution is -1.97. The molecule has 0 aliphatic rings. The lowest BCUT2D eigenvalue weighted by atomic mass is 9.91. The summed E-state index contributed by atoms with van der Waals surface area (Å²) in [5, 5.41) is 2.92. The summed E-state index contributed by atoms with van der Waals surface area (Å²) >= 11 is 0. The third-order valence-electron chi connectivity index (χ3n) is 5.72. The molecule has 0 aromatic heterocycles. The average Bonchev–Trinajstić information content (AvgIpc) is 2.68. The minimum absolute atomic E-state index is 0. The number of fused-ring (bicyclic) bond motifs is 1. The first-order valence-corrected chi connectivity index (χ1v) is 11.4. The first-order chi connectivity index (χ1) is 12.9. The molecule has 0 radical (unpaired) electrons. The van der Waals surface area contributed by atoms with Crippen LogP contribution in [-0.2, 0) is 12.8 Å². The van der Waals surface area contributed by atoms with Gasteiger partial charge in [0.25, 0.3) is 0 Å². The summed E-state index contributed by atoms with van der Waals surface area (Å²) in [6.45, 7) is 4.59. The maximum absolute atomic E-state index is 2.42. The Bertz CT molecular complexity index is 617. The zero-order valence-corrected chi connectivity index (χ0v) is 18.1. The van der Waals surface area contributed by atoms with Crippen LogP contribution >= 0.6 is 0 Å². The molecule has 2 rings (SSSR count). The molecule has 27 heavy (non-hydrogen) atoms. The number of aryl methyl sites for hydroxylation is 2. The van der Waals surface area contributed by atoms with E-state index in [0.29, 0.717) is 0 Å². The Hall–Kier alpha value is -1.34. The van der Waals surface area contributed by atoms with E-state index >= 15 is 0 Å². The molecule has 0 bridgehead atoms. The second-order valence-electron chi connectivity index (χ2n) is 7.96. The van der Waals surface area contributed by atoms with Crippen molar-refractivity contribution in [2.75, 3.05) is 0 Å². The van der Waals surface area contributed by atoms with Gasteiger partial charge in [0.2, 0.25) is 0 Å². The summed E-state index contributed by atoms with van der Waals surface area (Å²) in [5.41, 5.74) is 3.26. The van der Waals surface area contributed by atoms with E-state index in [-0.39, 0.29) is 6.15 Å². The van der Waals surface area contributed by atoms with Crippen LogP contribution in [0.2, 0.25) is 0 Å². The summed E-state index contributed by atoms with van der Waals surface area (Å²) < 4.78 is 0. The molecule has 0 spiro atoms. The summed E-state index contributed by atoms with van der Waals surface area (Å²) in [5.74, 6) is 0. The van der Waals surface area contributed by atoms with E-state index in [1.165, 1.54) is 101 Å². The second kappa shape index (κ2) is 14.7. The van der Waals surface area contributed by atoms with Gasteiger partial charge in [0.1, 0.15) is 0 Å². The highest BCUT2D eigenvalue weighted by Gasteiger charge is 2.07. The van der Waals surface area contributed by atoms with Crippen molar-refractivity contribution < 1.29 is 0 Å². The SMILES string of the molecule is CCCCCCCCc1ccc2ccccc2c1CCCCCCCC.N. The standard InChI is InChI=1S/C26H40.H3N/c1-3-5-7-9-11-13-17-23-21-22-24-18-15-16-20-26(24)25(23)19-14-12-10-8-6-4-2;/h15-16,18,20-22H,3-14,17,19H2,1-2H3;1H3. The van der Waals surface area contributed by atoms with Crippen molar-refractivity contribution in [3.05, 3.63) is 47.5 Å². The molecular formula is C26H43N. The van der Waals surface area contributed by atoms with Crippen molar-refractivity contribution in [3.63, 3.8) is 0 Å². The zero-order chi connectivity index (χ0) is 18.5. The van der Waals surface area contributed by atoms with Crippen LogP contribution in [0.4, 0.5) is 0 Å². The van der Waals surface area contributed by atoms with Crippen LogP contribution in [0, 0.1) is 0 Å². The summed E-state index contributed by atoms with van der Waals surface area (Å²) in [4.78, 5) is 0. The van der Waals surface area contributed by atoms with Gasteiger partial charge in [-0.05, 0) is 47.6 Å². The predicted octanol–water partition coefficient (Wildman–Crippen LogP) is 8.81. The van der Waals surface area contributed by atoms with Gasteiger partial charge in [-0.15, -0.1) is 0 Å². The lowest BCUT2D eigenvalue weighted by molar-refractivity contribution is 0.600. The molecule has 0 saturated heterocycles. The van der Waals surface area contributed by atoms with Gasteiger partial charge < -0.3 is 6.15 Å². The van der Waals surface area contributed by atoms with Crippen molar-refractivity contribution in [2.45, 2.75) is 104 Å². The number of benzene rings is 2. The molecule has 1 heteroatoms. The molecule has 0 atom stereocenters. The van der Waals surface area contributed by atoms with Crippen molar-refractivity contribution in [2.24, 2.45) is 0 Å².